The predicted molar refractivity (Wildman–Crippen MR) is 104 cm³/mol. The van der Waals surface area contributed by atoms with E-state index >= 15 is 0 Å². The fourth-order valence-corrected chi connectivity index (χ4v) is 2.99. The van der Waals surface area contributed by atoms with Crippen molar-refractivity contribution in [1.82, 2.24) is 15.0 Å². The topological polar surface area (TPSA) is 47.9 Å². The van der Waals surface area contributed by atoms with Gasteiger partial charge in [-0.2, -0.15) is 0 Å². The molecule has 0 aliphatic carbocycles. The lowest BCUT2D eigenvalue weighted by Gasteiger charge is -2.09. The van der Waals surface area contributed by atoms with Crippen molar-refractivity contribution < 1.29 is 4.74 Å². The van der Waals surface area contributed by atoms with Crippen molar-refractivity contribution in [3.05, 3.63) is 76.0 Å². The molecule has 2 aromatic heterocycles. The molecule has 26 heavy (non-hydrogen) atoms. The fraction of sp³-hybridized carbons (Fsp3) is 0.286. The molecular weight excluding hydrogens is 346 g/mol. The zero-order chi connectivity index (χ0) is 18.5. The SMILES string of the molecule is Cc1nc(C)c(Cl)c(CCCc2ccc(Oc3ncccc3C)cc2)n1. The Labute approximate surface area is 159 Å². The lowest BCUT2D eigenvalue weighted by Crippen LogP contribution is -2.01. The van der Waals surface area contributed by atoms with Crippen LogP contribution in [0.1, 0.15) is 34.8 Å². The van der Waals surface area contributed by atoms with E-state index in [0.29, 0.717) is 10.9 Å². The van der Waals surface area contributed by atoms with Crippen LogP contribution in [0.3, 0.4) is 0 Å². The zero-order valence-electron chi connectivity index (χ0n) is 15.3. The molecule has 0 amide bonds. The number of nitrogens with zero attached hydrogens (tertiary/aromatic N) is 3. The van der Waals surface area contributed by atoms with E-state index in [-0.39, 0.29) is 0 Å². The smallest absolute Gasteiger partial charge is 0.222 e. The van der Waals surface area contributed by atoms with Crippen LogP contribution in [0.4, 0.5) is 0 Å². The summed E-state index contributed by atoms with van der Waals surface area (Å²) >= 11 is 6.31. The summed E-state index contributed by atoms with van der Waals surface area (Å²) in [6.07, 6.45) is 4.52. The second-order valence-electron chi connectivity index (χ2n) is 6.34. The number of pyridine rings is 1. The van der Waals surface area contributed by atoms with Crippen molar-refractivity contribution in [1.29, 1.82) is 0 Å². The van der Waals surface area contributed by atoms with Gasteiger partial charge < -0.3 is 4.74 Å². The van der Waals surface area contributed by atoms with Crippen LogP contribution in [-0.2, 0) is 12.8 Å². The van der Waals surface area contributed by atoms with E-state index in [1.807, 2.05) is 45.0 Å². The minimum Gasteiger partial charge on any atom is -0.439 e. The fourth-order valence-electron chi connectivity index (χ4n) is 2.81. The van der Waals surface area contributed by atoms with E-state index < -0.39 is 0 Å². The molecule has 3 aromatic rings. The van der Waals surface area contributed by atoms with Gasteiger partial charge in [-0.3, -0.25) is 0 Å². The standard InChI is InChI=1S/C21H22ClN3O/c1-14-6-5-13-23-21(14)26-18-11-9-17(10-12-18)7-4-8-19-20(22)15(2)24-16(3)25-19/h5-6,9-13H,4,7-8H2,1-3H3. The normalized spacial score (nSPS) is 10.8. The van der Waals surface area contributed by atoms with Crippen LogP contribution in [0.2, 0.25) is 5.02 Å². The molecule has 3 rings (SSSR count). The molecule has 0 saturated heterocycles. The van der Waals surface area contributed by atoms with E-state index in [0.717, 1.165) is 47.8 Å². The molecule has 0 spiro atoms. The van der Waals surface area contributed by atoms with Crippen LogP contribution in [0, 0.1) is 20.8 Å². The van der Waals surface area contributed by atoms with Crippen LogP contribution < -0.4 is 4.74 Å². The summed E-state index contributed by atoms with van der Waals surface area (Å²) in [6.45, 7) is 5.80. The van der Waals surface area contributed by atoms with Crippen LogP contribution in [-0.4, -0.2) is 15.0 Å². The Hall–Kier alpha value is -2.46. The van der Waals surface area contributed by atoms with Gasteiger partial charge in [0.05, 0.1) is 16.4 Å². The molecular formula is C21H22ClN3O. The van der Waals surface area contributed by atoms with Gasteiger partial charge >= 0.3 is 0 Å². The Balaban J connectivity index is 1.57. The molecule has 0 unspecified atom stereocenters. The lowest BCUT2D eigenvalue weighted by molar-refractivity contribution is 0.458. The van der Waals surface area contributed by atoms with Crippen molar-refractivity contribution in [3.63, 3.8) is 0 Å². The van der Waals surface area contributed by atoms with Gasteiger partial charge in [0.15, 0.2) is 0 Å². The number of benzene rings is 1. The number of aromatic nitrogens is 3. The van der Waals surface area contributed by atoms with Crippen LogP contribution in [0.5, 0.6) is 11.6 Å². The summed E-state index contributed by atoms with van der Waals surface area (Å²) in [6, 6.07) is 12.0. The Morgan fingerprint density at radius 3 is 2.46 bits per heavy atom. The first-order valence-electron chi connectivity index (χ1n) is 8.71. The quantitative estimate of drug-likeness (QED) is 0.583. The van der Waals surface area contributed by atoms with Crippen LogP contribution in [0.15, 0.2) is 42.6 Å². The van der Waals surface area contributed by atoms with Gasteiger partial charge in [-0.05, 0) is 63.8 Å². The highest BCUT2D eigenvalue weighted by molar-refractivity contribution is 6.31. The zero-order valence-corrected chi connectivity index (χ0v) is 16.0. The van der Waals surface area contributed by atoms with E-state index in [9.17, 15) is 0 Å². The monoisotopic (exact) mass is 367 g/mol. The average Bonchev–Trinajstić information content (AvgIpc) is 2.62. The number of aryl methyl sites for hydroxylation is 5. The maximum Gasteiger partial charge on any atom is 0.222 e. The van der Waals surface area contributed by atoms with Crippen LogP contribution in [0.25, 0.3) is 0 Å². The third-order valence-corrected chi connectivity index (χ3v) is 4.67. The van der Waals surface area contributed by atoms with Crippen molar-refractivity contribution in [2.24, 2.45) is 0 Å². The maximum atomic E-state index is 6.31. The van der Waals surface area contributed by atoms with Gasteiger partial charge in [0.1, 0.15) is 11.6 Å². The average molecular weight is 368 g/mol. The van der Waals surface area contributed by atoms with E-state index in [4.69, 9.17) is 16.3 Å². The Bertz CT molecular complexity index is 894. The summed E-state index contributed by atoms with van der Waals surface area (Å²) in [7, 11) is 0. The van der Waals surface area contributed by atoms with Gasteiger partial charge in [0.2, 0.25) is 5.88 Å². The van der Waals surface area contributed by atoms with E-state index in [2.05, 4.69) is 27.1 Å². The highest BCUT2D eigenvalue weighted by Gasteiger charge is 2.08. The highest BCUT2D eigenvalue weighted by Crippen LogP contribution is 2.23. The molecule has 0 aliphatic heterocycles. The predicted octanol–water partition coefficient (Wildman–Crippen LogP) is 5.42. The van der Waals surface area contributed by atoms with Gasteiger partial charge in [0.25, 0.3) is 0 Å². The van der Waals surface area contributed by atoms with Crippen molar-refractivity contribution in [3.8, 4) is 11.6 Å². The molecule has 0 bridgehead atoms. The molecule has 0 aliphatic rings. The van der Waals surface area contributed by atoms with Gasteiger partial charge in [-0.15, -0.1) is 0 Å². The second-order valence-corrected chi connectivity index (χ2v) is 6.72. The second kappa shape index (κ2) is 8.28. The van der Waals surface area contributed by atoms with Gasteiger partial charge in [-0.1, -0.05) is 29.8 Å². The molecule has 0 saturated carbocycles. The summed E-state index contributed by atoms with van der Waals surface area (Å²) < 4.78 is 5.83. The Morgan fingerprint density at radius 2 is 1.73 bits per heavy atom. The lowest BCUT2D eigenvalue weighted by atomic mass is 10.1. The van der Waals surface area contributed by atoms with Crippen molar-refractivity contribution in [2.75, 3.05) is 0 Å². The first-order chi connectivity index (χ1) is 12.5. The summed E-state index contributed by atoms with van der Waals surface area (Å²) in [5.41, 5.74) is 4.06. The first-order valence-corrected chi connectivity index (χ1v) is 9.09. The molecule has 0 fully saturated rings. The number of hydrogen-bond donors (Lipinski definition) is 0. The minimum absolute atomic E-state index is 0.643. The number of rotatable bonds is 6. The third kappa shape index (κ3) is 4.58. The summed E-state index contributed by atoms with van der Waals surface area (Å²) in [5, 5.41) is 0.685. The third-order valence-electron chi connectivity index (χ3n) is 4.18. The maximum absolute atomic E-state index is 6.31. The molecule has 134 valence electrons. The Kier molecular flexibility index (Phi) is 5.84. The molecule has 5 heteroatoms. The molecule has 2 heterocycles. The number of ether oxygens (including phenoxy) is 1. The largest absolute Gasteiger partial charge is 0.439 e. The van der Waals surface area contributed by atoms with Crippen molar-refractivity contribution >= 4 is 11.6 Å². The number of hydrogen-bond acceptors (Lipinski definition) is 4. The molecule has 0 radical (unpaired) electrons. The minimum atomic E-state index is 0.643. The van der Waals surface area contributed by atoms with Gasteiger partial charge in [-0.25, -0.2) is 15.0 Å². The van der Waals surface area contributed by atoms with Crippen LogP contribution >= 0.6 is 11.6 Å². The summed E-state index contributed by atoms with van der Waals surface area (Å²) in [4.78, 5) is 13.0. The highest BCUT2D eigenvalue weighted by atomic mass is 35.5. The Morgan fingerprint density at radius 1 is 0.962 bits per heavy atom. The summed E-state index contributed by atoms with van der Waals surface area (Å²) in [5.74, 6) is 2.21. The first kappa shape index (κ1) is 18.3. The number of halogens is 1. The van der Waals surface area contributed by atoms with Gasteiger partial charge in [0, 0.05) is 11.8 Å². The molecule has 0 atom stereocenters. The molecule has 4 nitrogen and oxygen atoms in total. The molecule has 1 aromatic carbocycles. The molecule has 0 N–H and O–H groups in total. The van der Waals surface area contributed by atoms with Crippen molar-refractivity contribution in [2.45, 2.75) is 40.0 Å². The van der Waals surface area contributed by atoms with E-state index in [1.165, 1.54) is 5.56 Å². The van der Waals surface area contributed by atoms with E-state index in [1.54, 1.807) is 6.20 Å².